The van der Waals surface area contributed by atoms with Gasteiger partial charge in [-0.15, -0.1) is 0 Å². The molecule has 0 radical (unpaired) electrons. The minimum atomic E-state index is -1.42. The number of likely N-dealkylation sites (N-methyl/N-ethyl adjacent to an activating group) is 1. The Morgan fingerprint density at radius 2 is 1.53 bits per heavy atom. The smallest absolute Gasteiger partial charge is 0.255 e. The first kappa shape index (κ1) is 48.1. The van der Waals surface area contributed by atoms with Gasteiger partial charge in [-0.05, 0) is 87.3 Å². The highest BCUT2D eigenvalue weighted by Crippen LogP contribution is 2.40. The summed E-state index contributed by atoms with van der Waals surface area (Å²) in [5.74, 6) is -1.14. The van der Waals surface area contributed by atoms with E-state index in [1.165, 1.54) is 18.9 Å². The maximum atomic E-state index is 14.7. The second-order valence-electron chi connectivity index (χ2n) is 15.6. The van der Waals surface area contributed by atoms with Crippen molar-refractivity contribution in [3.63, 3.8) is 0 Å². The second kappa shape index (κ2) is 22.0. The molecule has 20 heteroatoms. The van der Waals surface area contributed by atoms with Gasteiger partial charge in [-0.3, -0.25) is 24.0 Å². The number of nitriles is 1. The Bertz CT molecular complexity index is 2490. The number of aromatic nitrogens is 2. The van der Waals surface area contributed by atoms with Crippen LogP contribution >= 0.6 is 0 Å². The van der Waals surface area contributed by atoms with Crippen molar-refractivity contribution >= 4 is 29.5 Å². The molecule has 3 aromatic carbocycles. The number of nitrogens with zero attached hydrogens (tertiary/aromatic N) is 4. The monoisotopic (exact) mass is 905 g/mol. The number of carbonyl (C=O) groups excluding carboxylic acids is 5. The summed E-state index contributed by atoms with van der Waals surface area (Å²) >= 11 is 0. The van der Waals surface area contributed by atoms with E-state index in [0.717, 1.165) is 0 Å². The van der Waals surface area contributed by atoms with Gasteiger partial charge in [0.2, 0.25) is 23.6 Å². The summed E-state index contributed by atoms with van der Waals surface area (Å²) in [6.45, 7) is 5.92. The molecule has 0 spiro atoms. The zero-order valence-electron chi connectivity index (χ0n) is 37.3. The summed E-state index contributed by atoms with van der Waals surface area (Å²) in [4.78, 5) is 80.9. The van der Waals surface area contributed by atoms with Crippen molar-refractivity contribution in [2.75, 3.05) is 59.7 Å². The first-order valence-corrected chi connectivity index (χ1v) is 21.5. The number of fused-ring (bicyclic) bond motifs is 6. The lowest BCUT2D eigenvalue weighted by molar-refractivity contribution is -0.141. The highest BCUT2D eigenvalue weighted by atomic mass is 16.6. The first-order valence-electron chi connectivity index (χ1n) is 21.5. The van der Waals surface area contributed by atoms with Crippen LogP contribution in [-0.2, 0) is 25.6 Å². The number of ether oxygens (including phenoxy) is 4. The van der Waals surface area contributed by atoms with Crippen LogP contribution < -0.4 is 57.4 Å². The van der Waals surface area contributed by atoms with Crippen LogP contribution in [0.1, 0.15) is 52.3 Å². The molecule has 10 N–H and O–H groups in total. The van der Waals surface area contributed by atoms with Crippen molar-refractivity contribution < 1.29 is 42.9 Å². The number of benzene rings is 3. The molecule has 2 aliphatic heterocycles. The predicted octanol–water partition coefficient (Wildman–Crippen LogP) is 0.706. The van der Waals surface area contributed by atoms with Crippen LogP contribution in [0.2, 0.25) is 0 Å². The van der Waals surface area contributed by atoms with Gasteiger partial charge in [0.1, 0.15) is 68.6 Å². The van der Waals surface area contributed by atoms with Gasteiger partial charge < -0.3 is 62.3 Å². The minimum absolute atomic E-state index is 0.00412. The zero-order valence-corrected chi connectivity index (χ0v) is 37.3. The Labute approximate surface area is 381 Å². The van der Waals surface area contributed by atoms with Crippen molar-refractivity contribution in [2.45, 2.75) is 57.8 Å². The van der Waals surface area contributed by atoms with Gasteiger partial charge in [-0.2, -0.15) is 5.26 Å². The molecule has 66 heavy (non-hydrogen) atoms. The Kier molecular flexibility index (Phi) is 16.1. The van der Waals surface area contributed by atoms with Gasteiger partial charge in [0.05, 0.1) is 23.0 Å². The first-order chi connectivity index (χ1) is 31.8. The maximum Gasteiger partial charge on any atom is 0.255 e. The van der Waals surface area contributed by atoms with E-state index in [-0.39, 0.29) is 57.8 Å². The SMILES string of the molecule is Cc1nc(-c2ccc3c(c2)OCCO3)nc(C)c1C(=O)N[C@@H](CCN)C(=O)N(C)[C@@H]1C(=O)N[C@@H](C)C(=O)N[C@H](C(=O)NCC#N)Cc2ccc(OCCN)c(c2)-c2cc1ccc2OCCN. The van der Waals surface area contributed by atoms with E-state index in [4.69, 9.17) is 41.4 Å². The summed E-state index contributed by atoms with van der Waals surface area (Å²) in [6, 6.07) is 12.3. The number of aryl methyl sites for hydroxylation is 2. The molecule has 0 unspecified atom stereocenters. The largest absolute Gasteiger partial charge is 0.492 e. The molecule has 5 amide bonds. The molecule has 20 nitrogen and oxygen atoms in total. The fourth-order valence-corrected chi connectivity index (χ4v) is 7.72. The lowest BCUT2D eigenvalue weighted by atomic mass is 9.93. The number of carbonyl (C=O) groups is 5. The normalized spacial score (nSPS) is 17.2. The lowest BCUT2D eigenvalue weighted by Crippen LogP contribution is -2.56. The van der Waals surface area contributed by atoms with Crippen LogP contribution in [0.3, 0.4) is 0 Å². The van der Waals surface area contributed by atoms with Crippen molar-refractivity contribution in [1.29, 1.82) is 5.26 Å². The molecule has 1 aromatic heterocycles. The van der Waals surface area contributed by atoms with Gasteiger partial charge in [0.25, 0.3) is 5.91 Å². The van der Waals surface area contributed by atoms with E-state index in [2.05, 4.69) is 31.2 Å². The second-order valence-corrected chi connectivity index (χ2v) is 15.6. The zero-order chi connectivity index (χ0) is 47.5. The average Bonchev–Trinajstić information content (AvgIpc) is 3.30. The molecule has 0 saturated carbocycles. The molecule has 0 saturated heterocycles. The van der Waals surface area contributed by atoms with Crippen LogP contribution in [0.15, 0.2) is 54.6 Å². The Hall–Kier alpha value is -7.34. The minimum Gasteiger partial charge on any atom is -0.492 e. The van der Waals surface area contributed by atoms with Crippen LogP contribution in [-0.4, -0.2) is 122 Å². The standard InChI is InChI=1S/C46H55N11O9/c1-25-39(26(2)53-41(52-25)30-7-10-37-38(24-30)66-20-19-65-37)44(60)55-33(11-12-47)46(62)57(4)40-29-6-9-36(64-18-15-50)32(23-29)31-21-28(5-8-35(31)63-17-14-49)22-34(43(59)51-16-13-48)56-42(58)27(3)54-45(40)61/h5-10,21,23-24,27,33-34,40H,11-12,14-20,22,47,49-50H2,1-4H3,(H,51,59)(H,54,61)(H,55,60)(H,56,58)/t27-,33-,34-,40-/m0/s1. The van der Waals surface area contributed by atoms with Crippen molar-refractivity contribution in [1.82, 2.24) is 36.1 Å². The Morgan fingerprint density at radius 3 is 2.18 bits per heavy atom. The van der Waals surface area contributed by atoms with E-state index in [1.54, 1.807) is 68.4 Å². The van der Waals surface area contributed by atoms with Crippen LogP contribution in [0.5, 0.6) is 23.0 Å². The topological polar surface area (TPSA) is 301 Å². The third-order valence-corrected chi connectivity index (χ3v) is 10.9. The molecule has 4 bridgehead atoms. The van der Waals surface area contributed by atoms with Crippen LogP contribution in [0, 0.1) is 25.2 Å². The Morgan fingerprint density at radius 1 is 0.879 bits per heavy atom. The third-order valence-electron chi connectivity index (χ3n) is 10.9. The summed E-state index contributed by atoms with van der Waals surface area (Å²) in [6.07, 6.45) is -0.0207. The quantitative estimate of drug-likeness (QED) is 0.0809. The van der Waals surface area contributed by atoms with E-state index in [9.17, 15) is 24.0 Å². The number of nitrogens with one attached hydrogen (secondary N) is 4. The van der Waals surface area contributed by atoms with E-state index in [1.807, 2.05) is 6.07 Å². The predicted molar refractivity (Wildman–Crippen MR) is 241 cm³/mol. The fourth-order valence-electron chi connectivity index (χ4n) is 7.72. The van der Waals surface area contributed by atoms with Crippen LogP contribution in [0.4, 0.5) is 0 Å². The van der Waals surface area contributed by atoms with Crippen LogP contribution in [0.25, 0.3) is 22.5 Å². The maximum absolute atomic E-state index is 14.7. The molecule has 6 rings (SSSR count). The highest BCUT2D eigenvalue weighted by Gasteiger charge is 2.36. The van der Waals surface area contributed by atoms with Gasteiger partial charge in [-0.25, -0.2) is 9.97 Å². The number of amides is 5. The molecule has 0 aliphatic carbocycles. The summed E-state index contributed by atoms with van der Waals surface area (Å²) in [7, 11) is 1.41. The molecular formula is C46H55N11O9. The molecule has 4 atom stereocenters. The van der Waals surface area contributed by atoms with Gasteiger partial charge in [0.15, 0.2) is 17.3 Å². The molecule has 0 fully saturated rings. The lowest BCUT2D eigenvalue weighted by Gasteiger charge is -2.32. The number of nitrogens with two attached hydrogens (primary N) is 3. The number of rotatable bonds is 15. The summed E-state index contributed by atoms with van der Waals surface area (Å²) in [5, 5.41) is 19.9. The summed E-state index contributed by atoms with van der Waals surface area (Å²) in [5.41, 5.74) is 21.0. The molecule has 4 aromatic rings. The third kappa shape index (κ3) is 11.1. The van der Waals surface area contributed by atoms with Gasteiger partial charge >= 0.3 is 0 Å². The van der Waals surface area contributed by atoms with Gasteiger partial charge in [-0.1, -0.05) is 12.1 Å². The molecule has 348 valence electrons. The van der Waals surface area contributed by atoms with Crippen molar-refractivity contribution in [2.24, 2.45) is 17.2 Å². The molecule has 2 aliphatic rings. The molecular weight excluding hydrogens is 851 g/mol. The number of hydrogen-bond donors (Lipinski definition) is 7. The number of hydrogen-bond acceptors (Lipinski definition) is 15. The van der Waals surface area contributed by atoms with Gasteiger partial charge in [0, 0.05) is 43.2 Å². The Balaban J connectivity index is 1.39. The summed E-state index contributed by atoms with van der Waals surface area (Å²) < 4.78 is 23.6. The van der Waals surface area contributed by atoms with E-state index < -0.39 is 53.7 Å². The highest BCUT2D eigenvalue weighted by molar-refractivity contribution is 6.00. The fraction of sp³-hybridized carbons (Fsp3) is 0.391. The average molecular weight is 906 g/mol. The van der Waals surface area contributed by atoms with Crippen molar-refractivity contribution in [3.05, 3.63) is 82.7 Å². The van der Waals surface area contributed by atoms with E-state index >= 15 is 0 Å². The van der Waals surface area contributed by atoms with Crippen molar-refractivity contribution in [3.8, 4) is 51.6 Å². The van der Waals surface area contributed by atoms with E-state index in [0.29, 0.717) is 81.2 Å². The molecule has 3 heterocycles.